The topological polar surface area (TPSA) is 75.4 Å². The Labute approximate surface area is 112 Å². The van der Waals surface area contributed by atoms with E-state index in [-0.39, 0.29) is 16.7 Å². The molecule has 5 heteroatoms. The standard InChI is InChI=1S/C14H20N2O3/c17-14-6-3-12(9-14)10-15-8-7-11-1-4-13(5-2-11)16(18)19/h1-2,4-5,12,14-15,17H,3,6-10H2. The molecule has 2 rings (SSSR count). The first-order valence-corrected chi connectivity index (χ1v) is 6.77. The molecule has 0 amide bonds. The summed E-state index contributed by atoms with van der Waals surface area (Å²) in [4.78, 5) is 10.1. The van der Waals surface area contributed by atoms with E-state index in [4.69, 9.17) is 0 Å². The van der Waals surface area contributed by atoms with Gasteiger partial charge in [-0.25, -0.2) is 0 Å². The lowest BCUT2D eigenvalue weighted by molar-refractivity contribution is -0.384. The van der Waals surface area contributed by atoms with Gasteiger partial charge in [0, 0.05) is 12.1 Å². The average molecular weight is 264 g/mol. The molecule has 1 aliphatic rings. The van der Waals surface area contributed by atoms with E-state index in [9.17, 15) is 15.2 Å². The van der Waals surface area contributed by atoms with E-state index < -0.39 is 0 Å². The molecule has 0 radical (unpaired) electrons. The molecule has 1 aromatic rings. The fraction of sp³-hybridized carbons (Fsp3) is 0.571. The number of nitrogens with zero attached hydrogens (tertiary/aromatic N) is 1. The van der Waals surface area contributed by atoms with Crippen molar-refractivity contribution in [2.45, 2.75) is 31.8 Å². The van der Waals surface area contributed by atoms with Crippen LogP contribution < -0.4 is 5.32 Å². The second kappa shape index (κ2) is 6.63. The minimum Gasteiger partial charge on any atom is -0.393 e. The van der Waals surface area contributed by atoms with E-state index in [1.165, 1.54) is 0 Å². The van der Waals surface area contributed by atoms with Gasteiger partial charge < -0.3 is 10.4 Å². The van der Waals surface area contributed by atoms with Gasteiger partial charge in [-0.2, -0.15) is 0 Å². The number of aliphatic hydroxyl groups excluding tert-OH is 1. The smallest absolute Gasteiger partial charge is 0.269 e. The number of non-ortho nitro benzene ring substituents is 1. The first kappa shape index (κ1) is 14.0. The number of nitro benzene ring substituents is 1. The van der Waals surface area contributed by atoms with Crippen LogP contribution in [0, 0.1) is 16.0 Å². The first-order valence-electron chi connectivity index (χ1n) is 6.77. The lowest BCUT2D eigenvalue weighted by Crippen LogP contribution is -2.24. The van der Waals surface area contributed by atoms with Crippen molar-refractivity contribution in [2.75, 3.05) is 13.1 Å². The Morgan fingerprint density at radius 3 is 2.63 bits per heavy atom. The van der Waals surface area contributed by atoms with E-state index in [0.29, 0.717) is 5.92 Å². The van der Waals surface area contributed by atoms with Gasteiger partial charge in [-0.15, -0.1) is 0 Å². The van der Waals surface area contributed by atoms with Crippen LogP contribution in [0.4, 0.5) is 5.69 Å². The SMILES string of the molecule is O=[N+]([O-])c1ccc(CCNCC2CCC(O)C2)cc1. The third-order valence-electron chi connectivity index (χ3n) is 3.68. The summed E-state index contributed by atoms with van der Waals surface area (Å²) in [6, 6.07) is 6.70. The Morgan fingerprint density at radius 1 is 1.32 bits per heavy atom. The third kappa shape index (κ3) is 4.29. The maximum atomic E-state index is 10.5. The molecule has 0 spiro atoms. The average Bonchev–Trinajstić information content (AvgIpc) is 2.81. The highest BCUT2D eigenvalue weighted by molar-refractivity contribution is 5.32. The van der Waals surface area contributed by atoms with Gasteiger partial charge >= 0.3 is 0 Å². The van der Waals surface area contributed by atoms with Crippen LogP contribution in [-0.2, 0) is 6.42 Å². The van der Waals surface area contributed by atoms with Crippen LogP contribution in [0.15, 0.2) is 24.3 Å². The van der Waals surface area contributed by atoms with Crippen LogP contribution in [0.2, 0.25) is 0 Å². The van der Waals surface area contributed by atoms with Crippen molar-refractivity contribution < 1.29 is 10.0 Å². The normalized spacial score (nSPS) is 22.6. The summed E-state index contributed by atoms with van der Waals surface area (Å²) in [5, 5.41) is 23.3. The Kier molecular flexibility index (Phi) is 4.87. The molecule has 2 N–H and O–H groups in total. The van der Waals surface area contributed by atoms with Crippen LogP contribution >= 0.6 is 0 Å². The molecule has 0 saturated heterocycles. The predicted molar refractivity (Wildman–Crippen MR) is 73.0 cm³/mol. The molecule has 1 aliphatic carbocycles. The number of nitrogens with one attached hydrogen (secondary N) is 1. The lowest BCUT2D eigenvalue weighted by Gasteiger charge is -2.10. The summed E-state index contributed by atoms with van der Waals surface area (Å²) < 4.78 is 0. The molecule has 0 aromatic heterocycles. The highest BCUT2D eigenvalue weighted by Gasteiger charge is 2.21. The summed E-state index contributed by atoms with van der Waals surface area (Å²) in [5.74, 6) is 0.590. The fourth-order valence-corrected chi connectivity index (χ4v) is 2.56. The second-order valence-electron chi connectivity index (χ2n) is 5.21. The largest absolute Gasteiger partial charge is 0.393 e. The van der Waals surface area contributed by atoms with E-state index >= 15 is 0 Å². The molecule has 1 fully saturated rings. The highest BCUT2D eigenvalue weighted by Crippen LogP contribution is 2.24. The van der Waals surface area contributed by atoms with Gasteiger partial charge in [-0.3, -0.25) is 10.1 Å². The van der Waals surface area contributed by atoms with Gasteiger partial charge in [0.05, 0.1) is 11.0 Å². The molecule has 0 aliphatic heterocycles. The van der Waals surface area contributed by atoms with Gasteiger partial charge in [0.25, 0.3) is 5.69 Å². The van der Waals surface area contributed by atoms with Crippen molar-refractivity contribution in [3.8, 4) is 0 Å². The van der Waals surface area contributed by atoms with Gasteiger partial charge in [0.2, 0.25) is 0 Å². The van der Waals surface area contributed by atoms with E-state index in [0.717, 1.165) is 44.3 Å². The monoisotopic (exact) mass is 264 g/mol. The molecular formula is C14H20N2O3. The molecule has 19 heavy (non-hydrogen) atoms. The van der Waals surface area contributed by atoms with Gasteiger partial charge in [0.1, 0.15) is 0 Å². The molecule has 2 atom stereocenters. The zero-order chi connectivity index (χ0) is 13.7. The molecule has 104 valence electrons. The minimum atomic E-state index is -0.382. The van der Waals surface area contributed by atoms with Crippen LogP contribution in [0.3, 0.4) is 0 Å². The summed E-state index contributed by atoms with van der Waals surface area (Å²) in [7, 11) is 0. The number of hydrogen-bond acceptors (Lipinski definition) is 4. The van der Waals surface area contributed by atoms with Crippen molar-refractivity contribution in [3.05, 3.63) is 39.9 Å². The summed E-state index contributed by atoms with van der Waals surface area (Å²) in [6.45, 7) is 1.81. The summed E-state index contributed by atoms with van der Waals surface area (Å²) >= 11 is 0. The van der Waals surface area contributed by atoms with Crippen molar-refractivity contribution in [3.63, 3.8) is 0 Å². The van der Waals surface area contributed by atoms with Crippen molar-refractivity contribution in [1.29, 1.82) is 0 Å². The number of aliphatic hydroxyl groups is 1. The molecule has 1 saturated carbocycles. The quantitative estimate of drug-likeness (QED) is 0.467. The Hall–Kier alpha value is -1.46. The second-order valence-corrected chi connectivity index (χ2v) is 5.21. The van der Waals surface area contributed by atoms with E-state index in [1.54, 1.807) is 24.3 Å². The maximum absolute atomic E-state index is 10.5. The molecule has 0 bridgehead atoms. The third-order valence-corrected chi connectivity index (χ3v) is 3.68. The number of hydrogen-bond donors (Lipinski definition) is 2. The molecule has 5 nitrogen and oxygen atoms in total. The van der Waals surface area contributed by atoms with Crippen LogP contribution in [-0.4, -0.2) is 29.2 Å². The number of rotatable bonds is 6. The molecule has 1 aromatic carbocycles. The van der Waals surface area contributed by atoms with Gasteiger partial charge in [-0.1, -0.05) is 12.1 Å². The van der Waals surface area contributed by atoms with Crippen LogP contribution in [0.5, 0.6) is 0 Å². The number of nitro groups is 1. The Balaban J connectivity index is 1.66. The maximum Gasteiger partial charge on any atom is 0.269 e. The van der Waals surface area contributed by atoms with E-state index in [2.05, 4.69) is 5.32 Å². The first-order chi connectivity index (χ1) is 9.15. The Bertz CT molecular complexity index is 419. The van der Waals surface area contributed by atoms with Gasteiger partial charge in [0.15, 0.2) is 0 Å². The zero-order valence-corrected chi connectivity index (χ0v) is 10.9. The zero-order valence-electron chi connectivity index (χ0n) is 10.9. The van der Waals surface area contributed by atoms with Crippen molar-refractivity contribution >= 4 is 5.69 Å². The van der Waals surface area contributed by atoms with Crippen LogP contribution in [0.1, 0.15) is 24.8 Å². The predicted octanol–water partition coefficient (Wildman–Crippen LogP) is 1.89. The summed E-state index contributed by atoms with van der Waals surface area (Å²) in [6.07, 6.45) is 3.69. The van der Waals surface area contributed by atoms with Crippen LogP contribution in [0.25, 0.3) is 0 Å². The lowest BCUT2D eigenvalue weighted by atomic mass is 10.1. The minimum absolute atomic E-state index is 0.110. The Morgan fingerprint density at radius 2 is 2.05 bits per heavy atom. The van der Waals surface area contributed by atoms with Crippen molar-refractivity contribution in [1.82, 2.24) is 5.32 Å². The van der Waals surface area contributed by atoms with E-state index in [1.807, 2.05) is 0 Å². The van der Waals surface area contributed by atoms with Crippen molar-refractivity contribution in [2.24, 2.45) is 5.92 Å². The fourth-order valence-electron chi connectivity index (χ4n) is 2.56. The van der Waals surface area contributed by atoms with Gasteiger partial charge in [-0.05, 0) is 50.3 Å². The molecular weight excluding hydrogens is 244 g/mol. The number of benzene rings is 1. The molecule has 0 heterocycles. The highest BCUT2D eigenvalue weighted by atomic mass is 16.6. The summed E-state index contributed by atoms with van der Waals surface area (Å²) in [5.41, 5.74) is 1.24. The molecule has 2 unspecified atom stereocenters.